The van der Waals surface area contributed by atoms with Crippen LogP contribution in [0.5, 0.6) is 0 Å². The highest BCUT2D eigenvalue weighted by molar-refractivity contribution is 7.99. The van der Waals surface area contributed by atoms with Gasteiger partial charge in [-0.05, 0) is 18.2 Å². The van der Waals surface area contributed by atoms with E-state index in [2.05, 4.69) is 34.7 Å². The smallest absolute Gasteiger partial charge is 0.0762 e. The summed E-state index contributed by atoms with van der Waals surface area (Å²) in [6, 6.07) is 12.5. The maximum Gasteiger partial charge on any atom is 0.0762 e. The van der Waals surface area contributed by atoms with Crippen molar-refractivity contribution in [2.45, 2.75) is 11.4 Å². The molecule has 3 nitrogen and oxygen atoms in total. The molecule has 0 unspecified atom stereocenters. The summed E-state index contributed by atoms with van der Waals surface area (Å²) in [5, 5.41) is 7.70. The maximum atomic E-state index is 4.31. The van der Waals surface area contributed by atoms with Crippen molar-refractivity contribution in [2.24, 2.45) is 7.05 Å². The molecule has 0 radical (unpaired) electrons. The Labute approximate surface area is 106 Å². The Morgan fingerprint density at radius 3 is 2.76 bits per heavy atom. The zero-order valence-electron chi connectivity index (χ0n) is 9.97. The summed E-state index contributed by atoms with van der Waals surface area (Å²) >= 11 is 1.87. The van der Waals surface area contributed by atoms with E-state index in [9.17, 15) is 0 Å². The molecule has 0 fully saturated rings. The Morgan fingerprint density at radius 2 is 2.06 bits per heavy atom. The lowest BCUT2D eigenvalue weighted by Gasteiger charge is -2.02. The molecule has 0 aliphatic rings. The van der Waals surface area contributed by atoms with Gasteiger partial charge in [0.05, 0.1) is 5.69 Å². The van der Waals surface area contributed by atoms with E-state index in [0.717, 1.165) is 24.5 Å². The molecule has 0 bridgehead atoms. The Kier molecular flexibility index (Phi) is 4.64. The van der Waals surface area contributed by atoms with Crippen molar-refractivity contribution in [3.8, 4) is 0 Å². The largest absolute Gasteiger partial charge is 0.310 e. The zero-order chi connectivity index (χ0) is 11.9. The molecule has 2 aromatic rings. The lowest BCUT2D eigenvalue weighted by molar-refractivity contribution is 0.680. The first kappa shape index (κ1) is 12.2. The van der Waals surface area contributed by atoms with Gasteiger partial charge in [0, 0.05) is 37.0 Å². The molecular weight excluding hydrogens is 230 g/mol. The first-order valence-corrected chi connectivity index (χ1v) is 6.70. The fraction of sp³-hybridized carbons (Fsp3) is 0.308. The second kappa shape index (κ2) is 6.47. The minimum absolute atomic E-state index is 0.843. The third-order valence-electron chi connectivity index (χ3n) is 2.37. The molecule has 17 heavy (non-hydrogen) atoms. The predicted octanol–water partition coefficient (Wildman–Crippen LogP) is 2.30. The van der Waals surface area contributed by atoms with Crippen molar-refractivity contribution in [3.05, 3.63) is 48.3 Å². The molecule has 1 aromatic heterocycles. The molecule has 0 saturated carbocycles. The molecule has 0 amide bonds. The van der Waals surface area contributed by atoms with Crippen LogP contribution in [0.3, 0.4) is 0 Å². The summed E-state index contributed by atoms with van der Waals surface area (Å²) in [6.07, 6.45) is 1.97. The van der Waals surface area contributed by atoms with Gasteiger partial charge in [-0.2, -0.15) is 5.10 Å². The lowest BCUT2D eigenvalue weighted by Crippen LogP contribution is -2.16. The van der Waals surface area contributed by atoms with Gasteiger partial charge < -0.3 is 5.32 Å². The molecule has 1 heterocycles. The highest BCUT2D eigenvalue weighted by Crippen LogP contribution is 2.15. The number of benzene rings is 1. The van der Waals surface area contributed by atoms with E-state index in [4.69, 9.17) is 0 Å². The Balaban J connectivity index is 1.61. The van der Waals surface area contributed by atoms with Crippen LogP contribution in [0.2, 0.25) is 0 Å². The predicted molar refractivity (Wildman–Crippen MR) is 72.1 cm³/mol. The summed E-state index contributed by atoms with van der Waals surface area (Å²) in [7, 11) is 1.94. The van der Waals surface area contributed by atoms with Crippen LogP contribution in [0.1, 0.15) is 5.69 Å². The minimum Gasteiger partial charge on any atom is -0.310 e. The van der Waals surface area contributed by atoms with Crippen molar-refractivity contribution in [2.75, 3.05) is 12.3 Å². The highest BCUT2D eigenvalue weighted by atomic mass is 32.2. The lowest BCUT2D eigenvalue weighted by atomic mass is 10.4. The van der Waals surface area contributed by atoms with Crippen molar-refractivity contribution in [3.63, 3.8) is 0 Å². The monoisotopic (exact) mass is 247 g/mol. The number of aromatic nitrogens is 2. The zero-order valence-corrected chi connectivity index (χ0v) is 10.8. The third kappa shape index (κ3) is 4.24. The maximum absolute atomic E-state index is 4.31. The summed E-state index contributed by atoms with van der Waals surface area (Å²) in [6.45, 7) is 1.84. The van der Waals surface area contributed by atoms with Gasteiger partial charge in [0.15, 0.2) is 0 Å². The Bertz CT molecular complexity index is 439. The SMILES string of the molecule is Cn1ccc(CNCCSc2ccccc2)n1. The summed E-state index contributed by atoms with van der Waals surface area (Å²) in [4.78, 5) is 1.33. The quantitative estimate of drug-likeness (QED) is 0.627. The molecule has 0 aliphatic carbocycles. The van der Waals surface area contributed by atoms with Crippen molar-refractivity contribution in [1.82, 2.24) is 15.1 Å². The van der Waals surface area contributed by atoms with Gasteiger partial charge >= 0.3 is 0 Å². The molecule has 0 atom stereocenters. The fourth-order valence-electron chi connectivity index (χ4n) is 1.53. The number of nitrogens with one attached hydrogen (secondary N) is 1. The molecule has 90 valence electrons. The van der Waals surface area contributed by atoms with Crippen LogP contribution in [0, 0.1) is 0 Å². The molecule has 0 aliphatic heterocycles. The number of thioether (sulfide) groups is 1. The molecule has 2 rings (SSSR count). The van der Waals surface area contributed by atoms with Crippen molar-refractivity contribution < 1.29 is 0 Å². The van der Waals surface area contributed by atoms with E-state index in [0.29, 0.717) is 0 Å². The molecular formula is C13H17N3S. The summed E-state index contributed by atoms with van der Waals surface area (Å²) < 4.78 is 1.83. The van der Waals surface area contributed by atoms with Gasteiger partial charge in [-0.15, -0.1) is 11.8 Å². The second-order valence-electron chi connectivity index (χ2n) is 3.82. The number of rotatable bonds is 6. The molecule has 1 aromatic carbocycles. The van der Waals surface area contributed by atoms with Crippen molar-refractivity contribution >= 4 is 11.8 Å². The number of hydrogen-bond donors (Lipinski definition) is 1. The van der Waals surface area contributed by atoms with Crippen molar-refractivity contribution in [1.29, 1.82) is 0 Å². The van der Waals surface area contributed by atoms with Gasteiger partial charge in [-0.3, -0.25) is 4.68 Å². The van der Waals surface area contributed by atoms with Gasteiger partial charge in [-0.1, -0.05) is 18.2 Å². The minimum atomic E-state index is 0.843. The molecule has 1 N–H and O–H groups in total. The second-order valence-corrected chi connectivity index (χ2v) is 4.99. The standard InChI is InChI=1S/C13H17N3S/c1-16-9-7-12(15-16)11-14-8-10-17-13-5-3-2-4-6-13/h2-7,9,14H,8,10-11H2,1H3. The van der Waals surface area contributed by atoms with E-state index in [1.54, 1.807) is 0 Å². The fourth-order valence-corrected chi connectivity index (χ4v) is 2.36. The van der Waals surface area contributed by atoms with Gasteiger partial charge in [0.1, 0.15) is 0 Å². The van der Waals surface area contributed by atoms with Gasteiger partial charge in [0.25, 0.3) is 0 Å². The van der Waals surface area contributed by atoms with E-state index in [-0.39, 0.29) is 0 Å². The summed E-state index contributed by atoms with van der Waals surface area (Å²) in [5.74, 6) is 1.08. The number of hydrogen-bond acceptors (Lipinski definition) is 3. The summed E-state index contributed by atoms with van der Waals surface area (Å²) in [5.41, 5.74) is 1.09. The molecule has 0 saturated heterocycles. The number of aryl methyl sites for hydroxylation is 1. The Morgan fingerprint density at radius 1 is 1.24 bits per heavy atom. The molecule has 4 heteroatoms. The third-order valence-corrected chi connectivity index (χ3v) is 3.38. The van der Waals surface area contributed by atoms with Crippen LogP contribution in [-0.2, 0) is 13.6 Å². The van der Waals surface area contributed by atoms with Gasteiger partial charge in [0.2, 0.25) is 0 Å². The van der Waals surface area contributed by atoms with E-state index in [1.165, 1.54) is 4.90 Å². The van der Waals surface area contributed by atoms with E-state index < -0.39 is 0 Å². The van der Waals surface area contributed by atoms with E-state index in [1.807, 2.05) is 41.8 Å². The Hall–Kier alpha value is -1.26. The first-order chi connectivity index (χ1) is 8.34. The van der Waals surface area contributed by atoms with Crippen LogP contribution in [0.25, 0.3) is 0 Å². The number of nitrogens with zero attached hydrogens (tertiary/aromatic N) is 2. The molecule has 0 spiro atoms. The topological polar surface area (TPSA) is 29.9 Å². The van der Waals surface area contributed by atoms with Crippen LogP contribution >= 0.6 is 11.8 Å². The normalized spacial score (nSPS) is 10.6. The van der Waals surface area contributed by atoms with Crippen LogP contribution in [0.15, 0.2) is 47.5 Å². The van der Waals surface area contributed by atoms with E-state index >= 15 is 0 Å². The van der Waals surface area contributed by atoms with Gasteiger partial charge in [-0.25, -0.2) is 0 Å². The highest BCUT2D eigenvalue weighted by Gasteiger charge is 1.96. The average Bonchev–Trinajstić information content (AvgIpc) is 2.76. The van der Waals surface area contributed by atoms with Crippen LogP contribution in [0.4, 0.5) is 0 Å². The van der Waals surface area contributed by atoms with Crippen LogP contribution in [-0.4, -0.2) is 22.1 Å². The average molecular weight is 247 g/mol. The first-order valence-electron chi connectivity index (χ1n) is 5.72. The van der Waals surface area contributed by atoms with Crippen LogP contribution < -0.4 is 5.32 Å².